The van der Waals surface area contributed by atoms with E-state index in [1.165, 1.54) is 12.7 Å². The summed E-state index contributed by atoms with van der Waals surface area (Å²) in [6.07, 6.45) is 5.08. The number of hydrogen-bond donors (Lipinski definition) is 0. The number of allylic oxidation sites excluding steroid dienone is 1. The SMILES string of the molecule is C=C(C)c1cc2c(cc1OC)C1(C(=O)OC)CCCC(C)(C)C1CC2. The summed E-state index contributed by atoms with van der Waals surface area (Å²) in [6, 6.07) is 4.27. The van der Waals surface area contributed by atoms with Gasteiger partial charge in [-0.3, -0.25) is 4.79 Å². The van der Waals surface area contributed by atoms with Gasteiger partial charge in [0, 0.05) is 5.56 Å². The number of carbonyl (C=O) groups is 1. The normalized spacial score (nSPS) is 27.0. The third kappa shape index (κ3) is 2.59. The Morgan fingerprint density at radius 1 is 1.24 bits per heavy atom. The third-order valence-electron chi connectivity index (χ3n) is 6.55. The zero-order valence-corrected chi connectivity index (χ0v) is 16.2. The van der Waals surface area contributed by atoms with E-state index in [2.05, 4.69) is 32.6 Å². The number of benzene rings is 1. The molecule has 1 aromatic rings. The highest BCUT2D eigenvalue weighted by molar-refractivity contribution is 5.86. The molecule has 0 saturated heterocycles. The van der Waals surface area contributed by atoms with Crippen LogP contribution in [0.3, 0.4) is 0 Å². The maximum absolute atomic E-state index is 13.1. The Morgan fingerprint density at radius 3 is 2.56 bits per heavy atom. The van der Waals surface area contributed by atoms with Gasteiger partial charge >= 0.3 is 5.97 Å². The van der Waals surface area contributed by atoms with Gasteiger partial charge in [0.2, 0.25) is 0 Å². The molecule has 1 aromatic carbocycles. The Kier molecular flexibility index (Phi) is 4.47. The van der Waals surface area contributed by atoms with E-state index in [0.29, 0.717) is 5.92 Å². The molecule has 0 amide bonds. The van der Waals surface area contributed by atoms with Crippen molar-refractivity contribution in [2.45, 2.75) is 58.3 Å². The molecule has 0 aromatic heterocycles. The van der Waals surface area contributed by atoms with Crippen molar-refractivity contribution in [3.8, 4) is 5.75 Å². The van der Waals surface area contributed by atoms with E-state index in [0.717, 1.165) is 54.6 Å². The molecule has 0 radical (unpaired) electrons. The summed E-state index contributed by atoms with van der Waals surface area (Å²) in [5, 5.41) is 0. The molecule has 2 aliphatic rings. The van der Waals surface area contributed by atoms with Crippen molar-refractivity contribution in [2.24, 2.45) is 11.3 Å². The van der Waals surface area contributed by atoms with Crippen molar-refractivity contribution in [1.82, 2.24) is 0 Å². The molecule has 2 aliphatic carbocycles. The van der Waals surface area contributed by atoms with Gasteiger partial charge in [0.15, 0.2) is 0 Å². The fourth-order valence-electron chi connectivity index (χ4n) is 5.38. The Balaban J connectivity index is 2.27. The van der Waals surface area contributed by atoms with Crippen LogP contribution in [0.1, 0.15) is 63.1 Å². The van der Waals surface area contributed by atoms with Crippen LogP contribution in [0.4, 0.5) is 0 Å². The van der Waals surface area contributed by atoms with Crippen LogP contribution in [0.2, 0.25) is 0 Å². The Hall–Kier alpha value is -1.77. The summed E-state index contributed by atoms with van der Waals surface area (Å²) in [5.74, 6) is 1.02. The minimum Gasteiger partial charge on any atom is -0.496 e. The first kappa shape index (κ1) is 18.0. The van der Waals surface area contributed by atoms with Crippen molar-refractivity contribution in [3.05, 3.63) is 35.4 Å². The number of ether oxygens (including phenoxy) is 2. The van der Waals surface area contributed by atoms with E-state index in [4.69, 9.17) is 9.47 Å². The Bertz CT molecular complexity index is 716. The van der Waals surface area contributed by atoms with Gasteiger partial charge in [-0.15, -0.1) is 0 Å². The summed E-state index contributed by atoms with van der Waals surface area (Å²) < 4.78 is 11.0. The van der Waals surface area contributed by atoms with E-state index in [9.17, 15) is 4.79 Å². The molecule has 0 heterocycles. The molecule has 0 spiro atoms. The average molecular weight is 342 g/mol. The average Bonchev–Trinajstić information content (AvgIpc) is 2.58. The van der Waals surface area contributed by atoms with Crippen LogP contribution in [-0.2, 0) is 21.4 Å². The van der Waals surface area contributed by atoms with Crippen molar-refractivity contribution < 1.29 is 14.3 Å². The molecular formula is C22H30O3. The second-order valence-corrected chi connectivity index (χ2v) is 8.39. The smallest absolute Gasteiger partial charge is 0.316 e. The molecule has 25 heavy (non-hydrogen) atoms. The highest BCUT2D eigenvalue weighted by Gasteiger charge is 2.57. The predicted molar refractivity (Wildman–Crippen MR) is 101 cm³/mol. The van der Waals surface area contributed by atoms with E-state index >= 15 is 0 Å². The predicted octanol–water partition coefficient (Wildman–Crippen LogP) is 4.91. The molecular weight excluding hydrogens is 312 g/mol. The zero-order chi connectivity index (χ0) is 18.4. The highest BCUT2D eigenvalue weighted by Crippen LogP contribution is 2.58. The van der Waals surface area contributed by atoms with Gasteiger partial charge in [-0.1, -0.05) is 26.8 Å². The molecule has 0 N–H and O–H groups in total. The first-order valence-electron chi connectivity index (χ1n) is 9.23. The molecule has 2 atom stereocenters. The van der Waals surface area contributed by atoms with E-state index in [-0.39, 0.29) is 11.4 Å². The van der Waals surface area contributed by atoms with Gasteiger partial charge in [-0.2, -0.15) is 0 Å². The monoisotopic (exact) mass is 342 g/mol. The largest absolute Gasteiger partial charge is 0.496 e. The van der Waals surface area contributed by atoms with Crippen molar-refractivity contribution >= 4 is 11.5 Å². The van der Waals surface area contributed by atoms with E-state index in [1.807, 2.05) is 6.92 Å². The molecule has 3 heteroatoms. The summed E-state index contributed by atoms with van der Waals surface area (Å²) in [7, 11) is 3.20. The summed E-state index contributed by atoms with van der Waals surface area (Å²) >= 11 is 0. The number of fused-ring (bicyclic) bond motifs is 3. The lowest BCUT2D eigenvalue weighted by Crippen LogP contribution is -2.54. The van der Waals surface area contributed by atoms with Gasteiger partial charge in [0.05, 0.1) is 19.6 Å². The lowest BCUT2D eigenvalue weighted by molar-refractivity contribution is -0.156. The molecule has 2 unspecified atom stereocenters. The quantitative estimate of drug-likeness (QED) is 0.732. The standard InChI is InChI=1S/C22H30O3/c1-14(2)16-12-15-8-9-19-21(3,4)10-7-11-22(19,20(23)25-6)17(15)13-18(16)24-5/h12-13,19H,1,7-11H2,2-6H3. The van der Waals surface area contributed by atoms with E-state index < -0.39 is 5.41 Å². The molecule has 136 valence electrons. The number of esters is 1. The number of methoxy groups -OCH3 is 2. The summed E-state index contributed by atoms with van der Waals surface area (Å²) in [4.78, 5) is 13.1. The first-order chi connectivity index (χ1) is 11.8. The first-order valence-corrected chi connectivity index (χ1v) is 9.23. The van der Waals surface area contributed by atoms with Gasteiger partial charge in [-0.25, -0.2) is 0 Å². The number of aryl methyl sites for hydroxylation is 1. The summed E-state index contributed by atoms with van der Waals surface area (Å²) in [6.45, 7) is 10.7. The molecule has 1 fully saturated rings. The van der Waals surface area contributed by atoms with Crippen LogP contribution >= 0.6 is 0 Å². The second-order valence-electron chi connectivity index (χ2n) is 8.39. The lowest BCUT2D eigenvalue weighted by atomic mass is 9.49. The second kappa shape index (κ2) is 6.19. The Labute approximate surface area is 151 Å². The van der Waals surface area contributed by atoms with E-state index in [1.54, 1.807) is 7.11 Å². The van der Waals surface area contributed by atoms with Gasteiger partial charge in [0.1, 0.15) is 5.75 Å². The van der Waals surface area contributed by atoms with Gasteiger partial charge < -0.3 is 9.47 Å². The highest BCUT2D eigenvalue weighted by atomic mass is 16.5. The van der Waals surface area contributed by atoms with Gasteiger partial charge in [-0.05, 0) is 72.8 Å². The molecule has 3 nitrogen and oxygen atoms in total. The topological polar surface area (TPSA) is 35.5 Å². The van der Waals surface area contributed by atoms with Crippen LogP contribution in [0.25, 0.3) is 5.57 Å². The number of hydrogen-bond acceptors (Lipinski definition) is 3. The number of rotatable bonds is 3. The summed E-state index contributed by atoms with van der Waals surface area (Å²) in [5.41, 5.74) is 3.96. The van der Waals surface area contributed by atoms with Crippen LogP contribution in [0.15, 0.2) is 18.7 Å². The molecule has 3 rings (SSSR count). The van der Waals surface area contributed by atoms with Crippen LogP contribution in [0.5, 0.6) is 5.75 Å². The maximum Gasteiger partial charge on any atom is 0.316 e. The third-order valence-corrected chi connectivity index (χ3v) is 6.55. The minimum absolute atomic E-state index is 0.0867. The fraction of sp³-hybridized carbons (Fsp3) is 0.591. The molecule has 0 bridgehead atoms. The van der Waals surface area contributed by atoms with Crippen molar-refractivity contribution in [1.29, 1.82) is 0 Å². The van der Waals surface area contributed by atoms with Crippen LogP contribution in [-0.4, -0.2) is 20.2 Å². The van der Waals surface area contributed by atoms with Crippen LogP contribution in [0, 0.1) is 11.3 Å². The fourth-order valence-corrected chi connectivity index (χ4v) is 5.38. The van der Waals surface area contributed by atoms with Crippen molar-refractivity contribution in [3.63, 3.8) is 0 Å². The molecule has 1 saturated carbocycles. The Morgan fingerprint density at radius 2 is 1.96 bits per heavy atom. The molecule has 0 aliphatic heterocycles. The van der Waals surface area contributed by atoms with Crippen molar-refractivity contribution in [2.75, 3.05) is 14.2 Å². The van der Waals surface area contributed by atoms with Gasteiger partial charge in [0.25, 0.3) is 0 Å². The number of carbonyl (C=O) groups excluding carboxylic acids is 1. The minimum atomic E-state index is -0.551. The zero-order valence-electron chi connectivity index (χ0n) is 16.2. The van der Waals surface area contributed by atoms with Crippen LogP contribution < -0.4 is 4.74 Å². The maximum atomic E-state index is 13.1. The lowest BCUT2D eigenvalue weighted by Gasteiger charge is -2.54.